The highest BCUT2D eigenvalue weighted by Gasteiger charge is 2.21. The lowest BCUT2D eigenvalue weighted by Crippen LogP contribution is -2.25. The van der Waals surface area contributed by atoms with Crippen molar-refractivity contribution in [1.82, 2.24) is 4.57 Å². The van der Waals surface area contributed by atoms with Gasteiger partial charge in [-0.1, -0.05) is 32.6 Å². The van der Waals surface area contributed by atoms with Crippen molar-refractivity contribution in [2.45, 2.75) is 52.4 Å². The Balaban J connectivity index is 2.31. The molecular weight excluding hydrogens is 226 g/mol. The van der Waals surface area contributed by atoms with Crippen LogP contribution in [-0.4, -0.2) is 16.3 Å². The first-order chi connectivity index (χ1) is 8.66. The van der Waals surface area contributed by atoms with Crippen molar-refractivity contribution >= 4 is 11.7 Å². The van der Waals surface area contributed by atoms with E-state index in [1.165, 1.54) is 23.8 Å². The Hall–Kier alpha value is -1.38. The van der Waals surface area contributed by atoms with Crippen LogP contribution < -0.4 is 0 Å². The molecule has 0 aliphatic heterocycles. The Bertz CT molecular complexity index is 368. The van der Waals surface area contributed by atoms with Crippen LogP contribution in [0, 0.1) is 5.92 Å². The average Bonchev–Trinajstić information content (AvgIpc) is 2.90. The minimum atomic E-state index is -0.524. The van der Waals surface area contributed by atoms with Crippen LogP contribution in [0.15, 0.2) is 24.5 Å². The van der Waals surface area contributed by atoms with Crippen LogP contribution in [0.5, 0.6) is 0 Å². The van der Waals surface area contributed by atoms with Gasteiger partial charge in [0.2, 0.25) is 5.91 Å². The third-order valence-electron chi connectivity index (χ3n) is 3.24. The summed E-state index contributed by atoms with van der Waals surface area (Å²) in [5, 5.41) is 0. The maximum absolute atomic E-state index is 11.9. The Morgan fingerprint density at radius 1 is 1.06 bits per heavy atom. The second kappa shape index (κ2) is 7.85. The van der Waals surface area contributed by atoms with Gasteiger partial charge in [-0.2, -0.15) is 0 Å². The molecule has 3 nitrogen and oxygen atoms in total. The summed E-state index contributed by atoms with van der Waals surface area (Å²) in [6, 6.07) is 3.58. The molecule has 0 saturated heterocycles. The summed E-state index contributed by atoms with van der Waals surface area (Å²) in [6.07, 6.45) is 9.51. The van der Waals surface area contributed by atoms with E-state index in [1.54, 1.807) is 31.5 Å². The molecule has 0 unspecified atom stereocenters. The van der Waals surface area contributed by atoms with E-state index in [2.05, 4.69) is 6.92 Å². The minimum Gasteiger partial charge on any atom is -0.299 e. The van der Waals surface area contributed by atoms with Crippen molar-refractivity contribution in [1.29, 1.82) is 0 Å². The first-order valence-corrected chi connectivity index (χ1v) is 6.86. The van der Waals surface area contributed by atoms with Crippen molar-refractivity contribution in [3.8, 4) is 0 Å². The van der Waals surface area contributed by atoms with Gasteiger partial charge in [0, 0.05) is 18.8 Å². The summed E-state index contributed by atoms with van der Waals surface area (Å²) in [5.41, 5.74) is 0. The SMILES string of the molecule is CCCCCCCC(=O)[C@@H](C)C(=O)n1cccc1. The monoisotopic (exact) mass is 249 g/mol. The molecule has 100 valence electrons. The van der Waals surface area contributed by atoms with E-state index in [4.69, 9.17) is 0 Å². The van der Waals surface area contributed by atoms with Crippen LogP contribution in [0.25, 0.3) is 0 Å². The summed E-state index contributed by atoms with van der Waals surface area (Å²) < 4.78 is 1.49. The molecule has 1 aromatic rings. The molecule has 1 rings (SSSR count). The van der Waals surface area contributed by atoms with E-state index in [9.17, 15) is 9.59 Å². The third kappa shape index (κ3) is 4.47. The normalized spacial score (nSPS) is 12.3. The van der Waals surface area contributed by atoms with Crippen LogP contribution in [0.4, 0.5) is 0 Å². The fraction of sp³-hybridized carbons (Fsp3) is 0.600. The van der Waals surface area contributed by atoms with Crippen LogP contribution in [0.2, 0.25) is 0 Å². The van der Waals surface area contributed by atoms with Crippen molar-refractivity contribution in [3.63, 3.8) is 0 Å². The topological polar surface area (TPSA) is 39.1 Å². The Labute approximate surface area is 109 Å². The number of hydrogen-bond acceptors (Lipinski definition) is 2. The number of unbranched alkanes of at least 4 members (excludes halogenated alkanes) is 4. The zero-order chi connectivity index (χ0) is 13.4. The predicted molar refractivity (Wildman–Crippen MR) is 72.6 cm³/mol. The van der Waals surface area contributed by atoms with Gasteiger partial charge in [-0.3, -0.25) is 14.2 Å². The Morgan fingerprint density at radius 2 is 1.67 bits per heavy atom. The van der Waals surface area contributed by atoms with Gasteiger partial charge in [0.25, 0.3) is 0 Å². The first kappa shape index (κ1) is 14.7. The molecule has 1 heterocycles. The quantitative estimate of drug-likeness (QED) is 0.520. The number of rotatable bonds is 8. The molecule has 0 N–H and O–H groups in total. The van der Waals surface area contributed by atoms with Gasteiger partial charge in [0.1, 0.15) is 5.78 Å². The van der Waals surface area contributed by atoms with Gasteiger partial charge in [0.15, 0.2) is 0 Å². The standard InChI is InChI=1S/C15H23NO2/c1-3-4-5-6-7-10-14(17)13(2)15(18)16-11-8-9-12-16/h8-9,11-13H,3-7,10H2,1-2H3/t13-/m1/s1. The fourth-order valence-corrected chi connectivity index (χ4v) is 1.96. The lowest BCUT2D eigenvalue weighted by atomic mass is 9.99. The highest BCUT2D eigenvalue weighted by molar-refractivity contribution is 6.01. The van der Waals surface area contributed by atoms with Gasteiger partial charge in [-0.05, 0) is 25.5 Å². The molecule has 0 spiro atoms. The van der Waals surface area contributed by atoms with Gasteiger partial charge in [-0.15, -0.1) is 0 Å². The van der Waals surface area contributed by atoms with Gasteiger partial charge >= 0.3 is 0 Å². The molecule has 1 aromatic heterocycles. The number of carbonyl (C=O) groups excluding carboxylic acids is 2. The van der Waals surface area contributed by atoms with Crippen LogP contribution in [-0.2, 0) is 4.79 Å². The third-order valence-corrected chi connectivity index (χ3v) is 3.24. The van der Waals surface area contributed by atoms with Crippen LogP contribution in [0.1, 0.15) is 57.2 Å². The van der Waals surface area contributed by atoms with E-state index < -0.39 is 5.92 Å². The van der Waals surface area contributed by atoms with Crippen molar-refractivity contribution in [2.24, 2.45) is 5.92 Å². The van der Waals surface area contributed by atoms with E-state index in [1.807, 2.05) is 0 Å². The summed E-state index contributed by atoms with van der Waals surface area (Å²) >= 11 is 0. The van der Waals surface area contributed by atoms with Gasteiger partial charge in [0.05, 0.1) is 5.92 Å². The number of Topliss-reactive ketones (excluding diaryl/α,β-unsaturated/α-hetero) is 1. The highest BCUT2D eigenvalue weighted by Crippen LogP contribution is 2.11. The second-order valence-corrected chi connectivity index (χ2v) is 4.78. The van der Waals surface area contributed by atoms with Gasteiger partial charge < -0.3 is 0 Å². The molecule has 18 heavy (non-hydrogen) atoms. The molecule has 0 aliphatic rings. The molecule has 0 radical (unpaired) electrons. The number of nitrogens with zero attached hydrogens (tertiary/aromatic N) is 1. The largest absolute Gasteiger partial charge is 0.299 e. The molecule has 0 fully saturated rings. The lowest BCUT2D eigenvalue weighted by molar-refractivity contribution is -0.121. The summed E-state index contributed by atoms with van der Waals surface area (Å²) in [6.45, 7) is 3.87. The molecule has 0 saturated carbocycles. The summed E-state index contributed by atoms with van der Waals surface area (Å²) in [4.78, 5) is 23.8. The zero-order valence-corrected chi connectivity index (χ0v) is 11.4. The first-order valence-electron chi connectivity index (χ1n) is 6.86. The maximum atomic E-state index is 11.9. The second-order valence-electron chi connectivity index (χ2n) is 4.78. The van der Waals surface area contributed by atoms with Crippen LogP contribution >= 0.6 is 0 Å². The smallest absolute Gasteiger partial charge is 0.240 e. The molecular formula is C15H23NO2. The van der Waals surface area contributed by atoms with Crippen molar-refractivity contribution in [3.05, 3.63) is 24.5 Å². The molecule has 3 heteroatoms. The molecule has 0 aromatic carbocycles. The Kier molecular flexibility index (Phi) is 6.40. The van der Waals surface area contributed by atoms with Crippen LogP contribution in [0.3, 0.4) is 0 Å². The number of aromatic nitrogens is 1. The molecule has 0 amide bonds. The fourth-order valence-electron chi connectivity index (χ4n) is 1.96. The molecule has 0 aliphatic carbocycles. The predicted octanol–water partition coefficient (Wildman–Crippen LogP) is 3.69. The lowest BCUT2D eigenvalue weighted by Gasteiger charge is -2.10. The van der Waals surface area contributed by atoms with E-state index in [0.717, 1.165) is 12.8 Å². The summed E-state index contributed by atoms with van der Waals surface area (Å²) in [7, 11) is 0. The summed E-state index contributed by atoms with van der Waals surface area (Å²) in [5.74, 6) is -0.590. The Morgan fingerprint density at radius 3 is 2.28 bits per heavy atom. The van der Waals surface area contributed by atoms with E-state index in [-0.39, 0.29) is 11.7 Å². The van der Waals surface area contributed by atoms with Crippen molar-refractivity contribution in [2.75, 3.05) is 0 Å². The van der Waals surface area contributed by atoms with E-state index >= 15 is 0 Å². The number of ketones is 1. The zero-order valence-electron chi connectivity index (χ0n) is 11.4. The molecule has 1 atom stereocenters. The number of hydrogen-bond donors (Lipinski definition) is 0. The van der Waals surface area contributed by atoms with Crippen molar-refractivity contribution < 1.29 is 9.59 Å². The van der Waals surface area contributed by atoms with Gasteiger partial charge in [-0.25, -0.2) is 0 Å². The average molecular weight is 249 g/mol. The number of carbonyl (C=O) groups is 2. The minimum absolute atomic E-state index is 0.0604. The highest BCUT2D eigenvalue weighted by atomic mass is 16.2. The molecule has 0 bridgehead atoms. The van der Waals surface area contributed by atoms with E-state index in [0.29, 0.717) is 6.42 Å². The maximum Gasteiger partial charge on any atom is 0.240 e.